The van der Waals surface area contributed by atoms with Crippen LogP contribution in [0, 0.1) is 6.92 Å². The van der Waals surface area contributed by atoms with Gasteiger partial charge >= 0.3 is 6.03 Å². The van der Waals surface area contributed by atoms with Crippen molar-refractivity contribution in [2.24, 2.45) is 0 Å². The average Bonchev–Trinajstić information content (AvgIpc) is 2.63. The molecular weight excluding hydrogens is 342 g/mol. The molecule has 140 valence electrons. The van der Waals surface area contributed by atoms with Crippen molar-refractivity contribution in [2.75, 3.05) is 11.9 Å². The molecular formula is C21H23N3O3. The molecule has 0 aromatic heterocycles. The van der Waals surface area contributed by atoms with E-state index in [-0.39, 0.29) is 11.9 Å². The number of nitrogens with one attached hydrogen (secondary N) is 3. The Balaban J connectivity index is 1.93. The highest BCUT2D eigenvalue weighted by Gasteiger charge is 2.31. The van der Waals surface area contributed by atoms with Crippen molar-refractivity contribution < 1.29 is 14.3 Å². The molecule has 0 bridgehead atoms. The van der Waals surface area contributed by atoms with Crippen LogP contribution < -0.4 is 20.7 Å². The number of para-hydroxylation sites is 2. The Morgan fingerprint density at radius 2 is 1.81 bits per heavy atom. The molecule has 0 radical (unpaired) electrons. The summed E-state index contributed by atoms with van der Waals surface area (Å²) >= 11 is 0. The largest absolute Gasteiger partial charge is 0.492 e. The van der Waals surface area contributed by atoms with Gasteiger partial charge in [0, 0.05) is 5.70 Å². The number of carbonyl (C=O) groups is 2. The number of urea groups is 1. The van der Waals surface area contributed by atoms with Crippen molar-refractivity contribution in [1.82, 2.24) is 10.6 Å². The van der Waals surface area contributed by atoms with Crippen LogP contribution in [0.25, 0.3) is 0 Å². The van der Waals surface area contributed by atoms with Crippen LogP contribution in [-0.2, 0) is 4.79 Å². The van der Waals surface area contributed by atoms with Gasteiger partial charge in [-0.25, -0.2) is 4.79 Å². The maximum Gasteiger partial charge on any atom is 0.319 e. The molecule has 2 aromatic rings. The fraction of sp³-hybridized carbons (Fsp3) is 0.238. The van der Waals surface area contributed by atoms with Gasteiger partial charge < -0.3 is 20.7 Å². The number of allylic oxidation sites excluding steroid dienone is 1. The molecule has 6 heteroatoms. The molecule has 1 heterocycles. The zero-order chi connectivity index (χ0) is 19.4. The van der Waals surface area contributed by atoms with Gasteiger partial charge in [-0.15, -0.1) is 0 Å². The molecule has 0 fully saturated rings. The second-order valence-electron chi connectivity index (χ2n) is 6.36. The molecule has 1 atom stereocenters. The summed E-state index contributed by atoms with van der Waals surface area (Å²) in [6.45, 7) is 6.10. The third kappa shape index (κ3) is 4.11. The number of carbonyl (C=O) groups excluding carboxylic acids is 2. The molecule has 3 rings (SSSR count). The topological polar surface area (TPSA) is 79.5 Å². The predicted molar refractivity (Wildman–Crippen MR) is 105 cm³/mol. The third-order valence-electron chi connectivity index (χ3n) is 4.36. The highest BCUT2D eigenvalue weighted by Crippen LogP contribution is 2.30. The highest BCUT2D eigenvalue weighted by atomic mass is 16.5. The molecule has 1 aliphatic heterocycles. The van der Waals surface area contributed by atoms with Crippen molar-refractivity contribution in [3.63, 3.8) is 0 Å². The number of benzene rings is 2. The van der Waals surface area contributed by atoms with E-state index in [4.69, 9.17) is 4.74 Å². The van der Waals surface area contributed by atoms with Crippen molar-refractivity contribution in [3.8, 4) is 5.75 Å². The molecule has 3 amide bonds. The molecule has 0 spiro atoms. The summed E-state index contributed by atoms with van der Waals surface area (Å²) in [6, 6.07) is 14.2. The minimum atomic E-state index is -0.529. The monoisotopic (exact) mass is 365 g/mol. The maximum absolute atomic E-state index is 13.1. The zero-order valence-corrected chi connectivity index (χ0v) is 15.6. The Morgan fingerprint density at radius 1 is 1.11 bits per heavy atom. The zero-order valence-electron chi connectivity index (χ0n) is 15.6. The predicted octanol–water partition coefficient (Wildman–Crippen LogP) is 3.66. The van der Waals surface area contributed by atoms with Crippen LogP contribution in [-0.4, -0.2) is 18.5 Å². The first-order valence-electron chi connectivity index (χ1n) is 8.87. The number of rotatable bonds is 5. The van der Waals surface area contributed by atoms with E-state index in [1.54, 1.807) is 19.1 Å². The summed E-state index contributed by atoms with van der Waals surface area (Å²) in [7, 11) is 0. The van der Waals surface area contributed by atoms with E-state index in [0.29, 0.717) is 29.3 Å². The van der Waals surface area contributed by atoms with Crippen LogP contribution in [0.2, 0.25) is 0 Å². The van der Waals surface area contributed by atoms with E-state index in [1.807, 2.05) is 50.2 Å². The minimum absolute atomic E-state index is 0.294. The number of ether oxygens (including phenoxy) is 1. The summed E-state index contributed by atoms with van der Waals surface area (Å²) in [4.78, 5) is 25.1. The smallest absolute Gasteiger partial charge is 0.319 e. The van der Waals surface area contributed by atoms with Gasteiger partial charge in [0.15, 0.2) is 0 Å². The normalized spacial score (nSPS) is 16.4. The Morgan fingerprint density at radius 3 is 2.52 bits per heavy atom. The number of aryl methyl sites for hydroxylation is 1. The van der Waals surface area contributed by atoms with Crippen molar-refractivity contribution in [3.05, 3.63) is 70.9 Å². The lowest BCUT2D eigenvalue weighted by molar-refractivity contribution is -0.113. The van der Waals surface area contributed by atoms with Crippen LogP contribution in [0.1, 0.15) is 31.0 Å². The maximum atomic E-state index is 13.1. The van der Waals surface area contributed by atoms with E-state index in [1.165, 1.54) is 0 Å². The lowest BCUT2D eigenvalue weighted by atomic mass is 9.94. The first kappa shape index (κ1) is 18.5. The molecule has 1 aliphatic rings. The SMILES string of the molecule is CCOc1ccccc1NC(=O)C1=C(C)NC(=O)NC1c1ccc(C)cc1. The molecule has 0 saturated carbocycles. The summed E-state index contributed by atoms with van der Waals surface area (Å²) in [5, 5.41) is 8.43. The Kier molecular flexibility index (Phi) is 5.45. The molecule has 3 N–H and O–H groups in total. The van der Waals surface area contributed by atoms with E-state index < -0.39 is 6.04 Å². The number of hydrogen-bond donors (Lipinski definition) is 3. The first-order chi connectivity index (χ1) is 13.0. The molecule has 27 heavy (non-hydrogen) atoms. The lowest BCUT2D eigenvalue weighted by Crippen LogP contribution is -2.46. The second kappa shape index (κ2) is 7.95. The summed E-state index contributed by atoms with van der Waals surface area (Å²) in [5.74, 6) is 0.309. The van der Waals surface area contributed by atoms with Crippen LogP contribution in [0.3, 0.4) is 0 Å². The van der Waals surface area contributed by atoms with Crippen molar-refractivity contribution >= 4 is 17.6 Å². The highest BCUT2D eigenvalue weighted by molar-refractivity contribution is 6.07. The fourth-order valence-corrected chi connectivity index (χ4v) is 3.04. The fourth-order valence-electron chi connectivity index (χ4n) is 3.04. The molecule has 0 aliphatic carbocycles. The number of amides is 3. The van der Waals surface area contributed by atoms with E-state index in [2.05, 4.69) is 16.0 Å². The standard InChI is InChI=1S/C21H23N3O3/c1-4-27-17-8-6-5-7-16(17)23-20(25)18-14(3)22-21(26)24-19(18)15-11-9-13(2)10-12-15/h5-12,19H,4H2,1-3H3,(H,23,25)(H2,22,24,26). The lowest BCUT2D eigenvalue weighted by Gasteiger charge is -2.29. The van der Waals surface area contributed by atoms with Gasteiger partial charge in [-0.05, 0) is 38.5 Å². The molecule has 1 unspecified atom stereocenters. The van der Waals surface area contributed by atoms with Crippen LogP contribution in [0.15, 0.2) is 59.8 Å². The van der Waals surface area contributed by atoms with Crippen molar-refractivity contribution in [1.29, 1.82) is 0 Å². The second-order valence-corrected chi connectivity index (χ2v) is 6.36. The Labute approximate surface area is 158 Å². The Bertz CT molecular complexity index is 888. The summed E-state index contributed by atoms with van der Waals surface area (Å²) in [6.07, 6.45) is 0. The van der Waals surface area contributed by atoms with Gasteiger partial charge in [-0.3, -0.25) is 4.79 Å². The summed E-state index contributed by atoms with van der Waals surface area (Å²) < 4.78 is 5.58. The third-order valence-corrected chi connectivity index (χ3v) is 4.36. The minimum Gasteiger partial charge on any atom is -0.492 e. The van der Waals surface area contributed by atoms with Gasteiger partial charge in [0.2, 0.25) is 0 Å². The number of anilines is 1. The van der Waals surface area contributed by atoms with Crippen LogP contribution >= 0.6 is 0 Å². The van der Waals surface area contributed by atoms with Gasteiger partial charge in [0.05, 0.1) is 23.9 Å². The van der Waals surface area contributed by atoms with Crippen LogP contribution in [0.4, 0.5) is 10.5 Å². The number of hydrogen-bond acceptors (Lipinski definition) is 3. The van der Waals surface area contributed by atoms with Gasteiger partial charge in [-0.1, -0.05) is 42.0 Å². The Hall–Kier alpha value is -3.28. The van der Waals surface area contributed by atoms with Crippen molar-refractivity contribution in [2.45, 2.75) is 26.8 Å². The molecule has 2 aromatic carbocycles. The molecule has 0 saturated heterocycles. The average molecular weight is 365 g/mol. The van der Waals surface area contributed by atoms with E-state index in [9.17, 15) is 9.59 Å². The van der Waals surface area contributed by atoms with E-state index >= 15 is 0 Å². The quantitative estimate of drug-likeness (QED) is 0.756. The van der Waals surface area contributed by atoms with Crippen LogP contribution in [0.5, 0.6) is 5.75 Å². The van der Waals surface area contributed by atoms with Gasteiger partial charge in [0.25, 0.3) is 5.91 Å². The summed E-state index contributed by atoms with van der Waals surface area (Å²) in [5.41, 5.74) is 3.53. The first-order valence-corrected chi connectivity index (χ1v) is 8.87. The van der Waals surface area contributed by atoms with Gasteiger partial charge in [-0.2, -0.15) is 0 Å². The molecule has 6 nitrogen and oxygen atoms in total. The van der Waals surface area contributed by atoms with E-state index in [0.717, 1.165) is 11.1 Å². The van der Waals surface area contributed by atoms with Gasteiger partial charge in [0.1, 0.15) is 5.75 Å².